The molecule has 5 heteroatoms. The van der Waals surface area contributed by atoms with E-state index in [0.717, 1.165) is 19.4 Å². The molecule has 13 heavy (non-hydrogen) atoms. The average molecular weight is 251 g/mol. The van der Waals surface area contributed by atoms with Crippen LogP contribution >= 0.6 is 15.9 Å². The number of carbonyl (C=O) groups excluding carboxylic acids is 1. The normalized spacial score (nSPS) is 19.6. The van der Waals surface area contributed by atoms with Crippen molar-refractivity contribution in [2.24, 2.45) is 4.99 Å². The highest BCUT2D eigenvalue weighted by Gasteiger charge is 2.11. The molecule has 0 aliphatic carbocycles. The van der Waals surface area contributed by atoms with Gasteiger partial charge in [-0.25, -0.2) is 0 Å². The van der Waals surface area contributed by atoms with Crippen molar-refractivity contribution in [3.63, 3.8) is 0 Å². The lowest BCUT2D eigenvalue weighted by Crippen LogP contribution is -2.23. The van der Waals surface area contributed by atoms with Crippen molar-refractivity contribution in [2.45, 2.75) is 11.9 Å². The second kappa shape index (κ2) is 8.19. The molecular weight excluding hydrogens is 236 g/mol. The fourth-order valence-corrected chi connectivity index (χ4v) is 1.15. The lowest BCUT2D eigenvalue weighted by molar-refractivity contribution is -0.108. The van der Waals surface area contributed by atoms with Crippen molar-refractivity contribution in [3.05, 3.63) is 0 Å². The number of methoxy groups -OCH3 is 1. The molecule has 1 aliphatic rings. The molecule has 4 nitrogen and oxygen atoms in total. The van der Waals surface area contributed by atoms with Gasteiger partial charge < -0.3 is 14.4 Å². The number of hydrogen-bond acceptors (Lipinski definition) is 4. The molecule has 76 valence electrons. The van der Waals surface area contributed by atoms with Gasteiger partial charge in [-0.15, -0.1) is 0 Å². The van der Waals surface area contributed by atoms with Gasteiger partial charge in [0.05, 0.1) is 19.4 Å². The van der Waals surface area contributed by atoms with E-state index in [1.165, 1.54) is 0 Å². The van der Waals surface area contributed by atoms with Crippen LogP contribution in [0.3, 0.4) is 0 Å². The molecule has 1 aliphatic heterocycles. The minimum Gasteiger partial charge on any atom is -0.385 e. The van der Waals surface area contributed by atoms with Crippen molar-refractivity contribution >= 4 is 28.6 Å². The summed E-state index contributed by atoms with van der Waals surface area (Å²) in [6.07, 6.45) is 2.56. The molecule has 0 saturated heterocycles. The molecule has 0 aromatic rings. The number of alkyl halides is 1. The van der Waals surface area contributed by atoms with Crippen LogP contribution in [0.2, 0.25) is 0 Å². The molecule has 0 radical (unpaired) electrons. The Balaban J connectivity index is 0.000000310. The smallest absolute Gasteiger partial charge is 0.139 e. The maximum absolute atomic E-state index is 9.95. The number of halogens is 1. The van der Waals surface area contributed by atoms with Gasteiger partial charge in [-0.3, -0.25) is 4.99 Å². The maximum Gasteiger partial charge on any atom is 0.139 e. The second-order valence-electron chi connectivity index (χ2n) is 2.40. The maximum atomic E-state index is 9.95. The molecule has 0 N–H and O–H groups in total. The molecular formula is C8H15BrN2O2. The minimum absolute atomic E-state index is 0.178. The lowest BCUT2D eigenvalue weighted by atomic mass is 10.6. The van der Waals surface area contributed by atoms with E-state index in [-0.39, 0.29) is 4.95 Å². The Morgan fingerprint density at radius 3 is 2.77 bits per heavy atom. The number of hydrogen-bond donors (Lipinski definition) is 0. The lowest BCUT2D eigenvalue weighted by Gasteiger charge is -2.08. The Morgan fingerprint density at radius 1 is 1.85 bits per heavy atom. The molecule has 0 saturated carbocycles. The van der Waals surface area contributed by atoms with Crippen LogP contribution in [0.15, 0.2) is 4.99 Å². The Morgan fingerprint density at radius 2 is 2.46 bits per heavy atom. The van der Waals surface area contributed by atoms with Crippen LogP contribution < -0.4 is 0 Å². The van der Waals surface area contributed by atoms with Crippen LogP contribution in [-0.4, -0.2) is 49.3 Å². The summed E-state index contributed by atoms with van der Waals surface area (Å²) >= 11 is 3.29. The van der Waals surface area contributed by atoms with E-state index in [0.29, 0.717) is 6.54 Å². The standard InChI is InChI=1S/C5H7BrN2O.C3H8O/c6-5-3-8(1-2-9)4-7-5;1-3-4-2/h2,4-5H,1,3H2;3H2,1-2H3. The van der Waals surface area contributed by atoms with Gasteiger partial charge >= 0.3 is 0 Å². The average Bonchev–Trinajstić information content (AvgIpc) is 2.53. The van der Waals surface area contributed by atoms with Gasteiger partial charge in [0.15, 0.2) is 0 Å². The Hall–Kier alpha value is -0.420. The topological polar surface area (TPSA) is 41.9 Å². The molecule has 1 unspecified atom stereocenters. The van der Waals surface area contributed by atoms with Crippen molar-refractivity contribution in [2.75, 3.05) is 26.8 Å². The predicted molar refractivity (Wildman–Crippen MR) is 56.4 cm³/mol. The number of ether oxygens (including phenoxy) is 1. The molecule has 1 rings (SSSR count). The third-order valence-corrected chi connectivity index (χ3v) is 1.90. The highest BCUT2D eigenvalue weighted by atomic mass is 79.9. The number of aliphatic imine (C=N–C) groups is 1. The van der Waals surface area contributed by atoms with Gasteiger partial charge in [-0.05, 0) is 6.92 Å². The first-order valence-corrected chi connectivity index (χ1v) is 5.00. The summed E-state index contributed by atoms with van der Waals surface area (Å²) in [6.45, 7) is 4.03. The Kier molecular flexibility index (Phi) is 7.93. The molecule has 0 aromatic heterocycles. The van der Waals surface area contributed by atoms with Crippen LogP contribution in [0.4, 0.5) is 0 Å². The molecule has 1 heterocycles. The van der Waals surface area contributed by atoms with E-state index >= 15 is 0 Å². The van der Waals surface area contributed by atoms with E-state index in [1.807, 2.05) is 11.8 Å². The van der Waals surface area contributed by atoms with Crippen LogP contribution in [-0.2, 0) is 9.53 Å². The van der Waals surface area contributed by atoms with Gasteiger partial charge in [0.1, 0.15) is 11.2 Å². The van der Waals surface area contributed by atoms with Crippen molar-refractivity contribution in [1.82, 2.24) is 4.90 Å². The zero-order valence-electron chi connectivity index (χ0n) is 7.94. The number of aldehydes is 1. The first-order valence-electron chi connectivity index (χ1n) is 4.08. The summed E-state index contributed by atoms with van der Waals surface area (Å²) in [5, 5.41) is 0. The zero-order chi connectivity index (χ0) is 10.1. The minimum atomic E-state index is 0.178. The van der Waals surface area contributed by atoms with E-state index < -0.39 is 0 Å². The van der Waals surface area contributed by atoms with Gasteiger partial charge in [0.25, 0.3) is 0 Å². The summed E-state index contributed by atoms with van der Waals surface area (Å²) in [4.78, 5) is 16.0. The van der Waals surface area contributed by atoms with Crippen molar-refractivity contribution in [1.29, 1.82) is 0 Å². The molecule has 0 fully saturated rings. The summed E-state index contributed by atoms with van der Waals surface area (Å²) < 4.78 is 4.54. The van der Waals surface area contributed by atoms with Gasteiger partial charge in [-0.1, -0.05) is 15.9 Å². The molecule has 0 amide bonds. The summed E-state index contributed by atoms with van der Waals surface area (Å²) in [5.41, 5.74) is 0. The summed E-state index contributed by atoms with van der Waals surface area (Å²) in [5.74, 6) is 0. The Labute approximate surface area is 87.1 Å². The zero-order valence-corrected chi connectivity index (χ0v) is 9.53. The van der Waals surface area contributed by atoms with Gasteiger partial charge in [-0.2, -0.15) is 0 Å². The third-order valence-electron chi connectivity index (χ3n) is 1.37. The highest BCUT2D eigenvalue weighted by molar-refractivity contribution is 9.09. The summed E-state index contributed by atoms with van der Waals surface area (Å²) in [7, 11) is 1.68. The predicted octanol–water partition coefficient (Wildman–Crippen LogP) is 0.903. The van der Waals surface area contributed by atoms with E-state index in [2.05, 4.69) is 25.7 Å². The number of nitrogens with zero attached hydrogens (tertiary/aromatic N) is 2. The second-order valence-corrected chi connectivity index (χ2v) is 3.45. The van der Waals surface area contributed by atoms with Gasteiger partial charge in [0, 0.05) is 13.7 Å². The first kappa shape index (κ1) is 12.6. The molecule has 0 bridgehead atoms. The fourth-order valence-electron chi connectivity index (χ4n) is 0.672. The van der Waals surface area contributed by atoms with E-state index in [9.17, 15) is 4.79 Å². The number of rotatable bonds is 3. The molecule has 0 spiro atoms. The van der Waals surface area contributed by atoms with Gasteiger partial charge in [0.2, 0.25) is 0 Å². The Bertz CT molecular complexity index is 162. The van der Waals surface area contributed by atoms with E-state index in [1.54, 1.807) is 13.4 Å². The SMILES string of the molecule is CCOC.O=CCN1C=NC(Br)C1. The largest absolute Gasteiger partial charge is 0.385 e. The first-order chi connectivity index (χ1) is 6.24. The third kappa shape index (κ3) is 6.72. The van der Waals surface area contributed by atoms with Crippen molar-refractivity contribution < 1.29 is 9.53 Å². The highest BCUT2D eigenvalue weighted by Crippen LogP contribution is 2.07. The quantitative estimate of drug-likeness (QED) is 0.425. The van der Waals surface area contributed by atoms with Crippen LogP contribution in [0, 0.1) is 0 Å². The molecule has 1 atom stereocenters. The van der Waals surface area contributed by atoms with E-state index in [4.69, 9.17) is 0 Å². The van der Waals surface area contributed by atoms with Crippen molar-refractivity contribution in [3.8, 4) is 0 Å². The fraction of sp³-hybridized carbons (Fsp3) is 0.750. The van der Waals surface area contributed by atoms with Crippen LogP contribution in [0.5, 0.6) is 0 Å². The molecule has 0 aromatic carbocycles. The van der Waals surface area contributed by atoms with Crippen LogP contribution in [0.1, 0.15) is 6.92 Å². The van der Waals surface area contributed by atoms with Crippen LogP contribution in [0.25, 0.3) is 0 Å². The number of carbonyl (C=O) groups is 1. The summed E-state index contributed by atoms with van der Waals surface area (Å²) in [6, 6.07) is 0. The monoisotopic (exact) mass is 250 g/mol.